The van der Waals surface area contributed by atoms with Gasteiger partial charge in [0.05, 0.1) is 30.1 Å². The van der Waals surface area contributed by atoms with Crippen molar-refractivity contribution in [2.45, 2.75) is 25.8 Å². The highest BCUT2D eigenvalue weighted by Crippen LogP contribution is 2.31. The molecule has 1 aromatic carbocycles. The number of likely N-dealkylation sites (tertiary alicyclic amines) is 1. The zero-order valence-electron chi connectivity index (χ0n) is 20.5. The number of nitriles is 1. The maximum atomic E-state index is 12.9. The number of anilines is 1. The molecule has 0 radical (unpaired) electrons. The minimum Gasteiger partial charge on any atom is -0.492 e. The van der Waals surface area contributed by atoms with Crippen LogP contribution in [0.4, 0.5) is 5.82 Å². The molecule has 4 heterocycles. The molecule has 1 amide bonds. The molecule has 0 spiro atoms. The molecular weight excluding hydrogens is 464 g/mol. The van der Waals surface area contributed by atoms with Gasteiger partial charge in [-0.25, -0.2) is 9.50 Å². The predicted molar refractivity (Wildman–Crippen MR) is 141 cm³/mol. The highest BCUT2D eigenvalue weighted by Gasteiger charge is 2.24. The smallest absolute Gasteiger partial charge is 0.253 e. The Balaban J connectivity index is 1.27. The average Bonchev–Trinajstić information content (AvgIpc) is 3.36. The molecule has 0 saturated carbocycles. The van der Waals surface area contributed by atoms with E-state index in [0.29, 0.717) is 42.1 Å². The van der Waals surface area contributed by atoms with Gasteiger partial charge in [-0.05, 0) is 56.2 Å². The second kappa shape index (κ2) is 10.4. The zero-order chi connectivity index (χ0) is 25.8. The molecule has 3 aromatic heterocycles. The molecule has 1 aliphatic heterocycles. The van der Waals surface area contributed by atoms with Gasteiger partial charge in [-0.2, -0.15) is 10.4 Å². The van der Waals surface area contributed by atoms with E-state index in [1.54, 1.807) is 35.2 Å². The SMILES string of the molecule is C#Cc1cccc(C(=O)N2CCC(Nc3ccc(-c4cc(OCC)cn5ncc(C#N)c45)cn3)CC2)c1. The first kappa shape index (κ1) is 23.9. The molecule has 8 heteroatoms. The molecule has 0 bridgehead atoms. The number of nitrogens with zero attached hydrogens (tertiary/aromatic N) is 5. The Morgan fingerprint density at radius 1 is 1.22 bits per heavy atom. The summed E-state index contributed by atoms with van der Waals surface area (Å²) in [5, 5.41) is 17.3. The third kappa shape index (κ3) is 4.96. The van der Waals surface area contributed by atoms with Crippen molar-refractivity contribution in [2.75, 3.05) is 25.0 Å². The van der Waals surface area contributed by atoms with Crippen LogP contribution in [0, 0.1) is 23.7 Å². The maximum Gasteiger partial charge on any atom is 0.253 e. The molecular formula is C29H26N6O2. The van der Waals surface area contributed by atoms with E-state index < -0.39 is 0 Å². The van der Waals surface area contributed by atoms with Crippen LogP contribution in [0.2, 0.25) is 0 Å². The Morgan fingerprint density at radius 3 is 2.76 bits per heavy atom. The third-order valence-electron chi connectivity index (χ3n) is 6.50. The molecule has 1 aliphatic rings. The van der Waals surface area contributed by atoms with Crippen molar-refractivity contribution in [2.24, 2.45) is 0 Å². The number of benzene rings is 1. The molecule has 0 atom stereocenters. The fourth-order valence-corrected chi connectivity index (χ4v) is 4.64. The van der Waals surface area contributed by atoms with Crippen LogP contribution in [0.1, 0.15) is 41.3 Å². The van der Waals surface area contributed by atoms with Gasteiger partial charge in [0, 0.05) is 47.6 Å². The fourth-order valence-electron chi connectivity index (χ4n) is 4.64. The number of nitrogens with one attached hydrogen (secondary N) is 1. The Labute approximate surface area is 215 Å². The number of hydrogen-bond acceptors (Lipinski definition) is 6. The number of rotatable bonds is 6. The second-order valence-electron chi connectivity index (χ2n) is 8.85. The van der Waals surface area contributed by atoms with Crippen molar-refractivity contribution < 1.29 is 9.53 Å². The number of piperidine rings is 1. The summed E-state index contributed by atoms with van der Waals surface area (Å²) < 4.78 is 7.36. The molecule has 37 heavy (non-hydrogen) atoms. The summed E-state index contributed by atoms with van der Waals surface area (Å²) in [6.45, 7) is 3.78. The van der Waals surface area contributed by atoms with Crippen LogP contribution in [0.3, 0.4) is 0 Å². The number of carbonyl (C=O) groups is 1. The first-order valence-electron chi connectivity index (χ1n) is 12.2. The van der Waals surface area contributed by atoms with Crippen molar-refractivity contribution in [3.05, 3.63) is 77.7 Å². The number of hydrogen-bond donors (Lipinski definition) is 1. The van der Waals surface area contributed by atoms with E-state index in [1.807, 2.05) is 42.2 Å². The van der Waals surface area contributed by atoms with E-state index in [4.69, 9.17) is 11.2 Å². The van der Waals surface area contributed by atoms with Crippen molar-refractivity contribution in [1.82, 2.24) is 19.5 Å². The van der Waals surface area contributed by atoms with Gasteiger partial charge in [0.1, 0.15) is 17.6 Å². The van der Waals surface area contributed by atoms with Gasteiger partial charge in [-0.15, -0.1) is 6.42 Å². The minimum absolute atomic E-state index is 0.00948. The summed E-state index contributed by atoms with van der Waals surface area (Å²) in [7, 11) is 0. The zero-order valence-corrected chi connectivity index (χ0v) is 20.5. The fraction of sp³-hybridized carbons (Fsp3) is 0.241. The summed E-state index contributed by atoms with van der Waals surface area (Å²) in [5.41, 5.74) is 4.24. The van der Waals surface area contributed by atoms with Crippen LogP contribution in [-0.2, 0) is 0 Å². The minimum atomic E-state index is 0.00948. The van der Waals surface area contributed by atoms with Crippen LogP contribution < -0.4 is 10.1 Å². The molecule has 0 aliphatic carbocycles. The Kier molecular flexibility index (Phi) is 6.74. The predicted octanol–water partition coefficient (Wildman–Crippen LogP) is 4.36. The first-order valence-corrected chi connectivity index (χ1v) is 12.2. The lowest BCUT2D eigenvalue weighted by Crippen LogP contribution is -2.42. The van der Waals surface area contributed by atoms with E-state index in [9.17, 15) is 10.1 Å². The monoisotopic (exact) mass is 490 g/mol. The van der Waals surface area contributed by atoms with Crippen molar-refractivity contribution in [3.8, 4) is 35.3 Å². The lowest BCUT2D eigenvalue weighted by Gasteiger charge is -2.32. The van der Waals surface area contributed by atoms with Gasteiger partial charge in [0.25, 0.3) is 5.91 Å². The summed E-state index contributed by atoms with van der Waals surface area (Å²) in [6.07, 6.45) is 12.2. The van der Waals surface area contributed by atoms with Gasteiger partial charge < -0.3 is 15.0 Å². The lowest BCUT2D eigenvalue weighted by atomic mass is 10.0. The normalized spacial score (nSPS) is 13.6. The van der Waals surface area contributed by atoms with Gasteiger partial charge in [0.2, 0.25) is 0 Å². The number of amides is 1. The van der Waals surface area contributed by atoms with E-state index >= 15 is 0 Å². The van der Waals surface area contributed by atoms with E-state index in [0.717, 1.165) is 35.3 Å². The van der Waals surface area contributed by atoms with Crippen LogP contribution in [0.15, 0.2) is 61.1 Å². The largest absolute Gasteiger partial charge is 0.492 e. The quantitative estimate of drug-likeness (QED) is 0.404. The maximum absolute atomic E-state index is 12.9. The van der Waals surface area contributed by atoms with Gasteiger partial charge in [-0.3, -0.25) is 4.79 Å². The third-order valence-corrected chi connectivity index (χ3v) is 6.50. The molecule has 184 valence electrons. The van der Waals surface area contributed by atoms with Gasteiger partial charge >= 0.3 is 0 Å². The van der Waals surface area contributed by atoms with Crippen LogP contribution in [-0.4, -0.2) is 51.1 Å². The molecule has 4 aromatic rings. The van der Waals surface area contributed by atoms with Crippen molar-refractivity contribution >= 4 is 17.2 Å². The van der Waals surface area contributed by atoms with Gasteiger partial charge in [0.15, 0.2) is 0 Å². The molecule has 8 nitrogen and oxygen atoms in total. The Morgan fingerprint density at radius 2 is 2.05 bits per heavy atom. The van der Waals surface area contributed by atoms with Gasteiger partial charge in [-0.1, -0.05) is 12.0 Å². The molecule has 1 N–H and O–H groups in total. The Hall–Kier alpha value is -4.82. The molecule has 0 unspecified atom stereocenters. The number of ether oxygens (including phenoxy) is 1. The van der Waals surface area contributed by atoms with E-state index in [2.05, 4.69) is 27.4 Å². The molecule has 1 fully saturated rings. The topological polar surface area (TPSA) is 95.5 Å². The number of carbonyl (C=O) groups excluding carboxylic acids is 1. The number of pyridine rings is 2. The van der Waals surface area contributed by atoms with E-state index in [1.165, 1.54) is 0 Å². The molecule has 1 saturated heterocycles. The number of aromatic nitrogens is 3. The highest BCUT2D eigenvalue weighted by molar-refractivity contribution is 5.94. The number of terminal acetylenes is 1. The number of fused-ring (bicyclic) bond motifs is 1. The summed E-state index contributed by atoms with van der Waals surface area (Å²) >= 11 is 0. The van der Waals surface area contributed by atoms with Crippen LogP contribution >= 0.6 is 0 Å². The molecule has 5 rings (SSSR count). The first-order chi connectivity index (χ1) is 18.1. The highest BCUT2D eigenvalue weighted by atomic mass is 16.5. The van der Waals surface area contributed by atoms with Crippen LogP contribution in [0.25, 0.3) is 16.6 Å². The summed E-state index contributed by atoms with van der Waals surface area (Å²) in [6, 6.07) is 15.5. The Bertz CT molecular complexity index is 1520. The average molecular weight is 491 g/mol. The van der Waals surface area contributed by atoms with E-state index in [-0.39, 0.29) is 11.9 Å². The standard InChI is InChI=1S/C29H26N6O2/c1-3-20-6-5-7-21(14-20)29(36)34-12-10-24(11-13-34)33-27-9-8-22(17-31-27)26-15-25(37-4-2)19-35-28(26)23(16-30)18-32-35/h1,5-9,14-15,17-19,24H,4,10-13H2,2H3,(H,31,33). The lowest BCUT2D eigenvalue weighted by molar-refractivity contribution is 0.0718. The summed E-state index contributed by atoms with van der Waals surface area (Å²) in [5.74, 6) is 4.03. The second-order valence-corrected chi connectivity index (χ2v) is 8.85. The van der Waals surface area contributed by atoms with Crippen LogP contribution in [0.5, 0.6) is 5.75 Å². The van der Waals surface area contributed by atoms with Crippen molar-refractivity contribution in [3.63, 3.8) is 0 Å². The van der Waals surface area contributed by atoms with Crippen molar-refractivity contribution in [1.29, 1.82) is 5.26 Å². The summed E-state index contributed by atoms with van der Waals surface area (Å²) in [4.78, 5) is 19.4.